The molecule has 0 radical (unpaired) electrons. The molecule has 4 rings (SSSR count). The Kier molecular flexibility index (Phi) is 6.45. The summed E-state index contributed by atoms with van der Waals surface area (Å²) in [5.74, 6) is -0.0114. The number of rotatable bonds is 8. The van der Waals surface area contributed by atoms with Gasteiger partial charge in [0, 0.05) is 6.54 Å². The van der Waals surface area contributed by atoms with Gasteiger partial charge in [-0.15, -0.1) is 0 Å². The lowest BCUT2D eigenvalue weighted by atomic mass is 10.1. The maximum Gasteiger partial charge on any atom is 0.414 e. The van der Waals surface area contributed by atoms with Crippen LogP contribution in [0.2, 0.25) is 0 Å². The molecule has 2 aromatic heterocycles. The molecular weight excluding hydrogens is 424 g/mol. The lowest BCUT2D eigenvalue weighted by molar-refractivity contribution is 0.201. The van der Waals surface area contributed by atoms with E-state index >= 15 is 0 Å². The van der Waals surface area contributed by atoms with Gasteiger partial charge >= 0.3 is 6.09 Å². The normalized spacial score (nSPS) is 11.2. The fourth-order valence-corrected chi connectivity index (χ4v) is 3.77. The third-order valence-corrected chi connectivity index (χ3v) is 5.47. The highest BCUT2D eigenvalue weighted by Crippen LogP contribution is 2.17. The van der Waals surface area contributed by atoms with E-state index in [0.717, 1.165) is 28.9 Å². The average molecular weight is 448 g/mol. The predicted octanol–water partition coefficient (Wildman–Crippen LogP) is 2.17. The van der Waals surface area contributed by atoms with Crippen molar-refractivity contribution in [2.45, 2.75) is 25.7 Å². The summed E-state index contributed by atoms with van der Waals surface area (Å²) in [6, 6.07) is 10.7. The summed E-state index contributed by atoms with van der Waals surface area (Å²) in [5, 5.41) is 10.6. The van der Waals surface area contributed by atoms with Crippen LogP contribution in [0.15, 0.2) is 52.3 Å². The van der Waals surface area contributed by atoms with Gasteiger partial charge in [-0.05, 0) is 67.6 Å². The van der Waals surface area contributed by atoms with Gasteiger partial charge in [-0.25, -0.2) is 19.7 Å². The van der Waals surface area contributed by atoms with Crippen molar-refractivity contribution in [3.63, 3.8) is 0 Å². The molecule has 0 aliphatic heterocycles. The minimum atomic E-state index is -1.21. The van der Waals surface area contributed by atoms with E-state index in [9.17, 15) is 19.5 Å². The quantitative estimate of drug-likeness (QED) is 0.321. The van der Waals surface area contributed by atoms with E-state index in [1.807, 2.05) is 18.2 Å². The van der Waals surface area contributed by atoms with Crippen LogP contribution in [0.4, 0.5) is 10.7 Å². The summed E-state index contributed by atoms with van der Waals surface area (Å²) in [6.45, 7) is 0.695. The molecule has 0 aliphatic rings. The highest BCUT2D eigenvalue weighted by Gasteiger charge is 2.18. The number of carbonyl (C=O) groups is 1. The molecule has 0 saturated heterocycles. The first-order chi connectivity index (χ1) is 16.0. The molecule has 10 nitrogen and oxygen atoms in total. The van der Waals surface area contributed by atoms with Crippen LogP contribution in [0.5, 0.6) is 0 Å². The van der Waals surface area contributed by atoms with Crippen molar-refractivity contribution in [1.29, 1.82) is 0 Å². The van der Waals surface area contributed by atoms with Crippen molar-refractivity contribution >= 4 is 33.8 Å². The van der Waals surface area contributed by atoms with E-state index in [2.05, 4.69) is 19.9 Å². The van der Waals surface area contributed by atoms with Crippen molar-refractivity contribution in [3.05, 3.63) is 74.6 Å². The van der Waals surface area contributed by atoms with Gasteiger partial charge in [0.15, 0.2) is 0 Å². The third-order valence-electron chi connectivity index (χ3n) is 5.47. The van der Waals surface area contributed by atoms with E-state index in [4.69, 9.17) is 5.73 Å². The predicted molar refractivity (Wildman–Crippen MR) is 126 cm³/mol. The van der Waals surface area contributed by atoms with Gasteiger partial charge in [-0.3, -0.25) is 14.6 Å². The number of aromatic amines is 2. The first kappa shape index (κ1) is 22.2. The number of benzene rings is 2. The Balaban J connectivity index is 1.53. The Morgan fingerprint density at radius 2 is 1.64 bits per heavy atom. The highest BCUT2D eigenvalue weighted by atomic mass is 16.4. The molecule has 2 aromatic carbocycles. The number of anilines is 1. The topological polar surface area (TPSA) is 158 Å². The number of aryl methyl sites for hydroxylation is 2. The second-order valence-corrected chi connectivity index (χ2v) is 7.75. The van der Waals surface area contributed by atoms with Gasteiger partial charge in [0.2, 0.25) is 5.95 Å². The number of hydrogen-bond donors (Lipinski definition) is 4. The van der Waals surface area contributed by atoms with Crippen LogP contribution in [-0.4, -0.2) is 44.2 Å². The second-order valence-electron chi connectivity index (χ2n) is 7.75. The zero-order valence-corrected chi connectivity index (χ0v) is 17.9. The van der Waals surface area contributed by atoms with Crippen LogP contribution in [0, 0.1) is 0 Å². The van der Waals surface area contributed by atoms with E-state index in [0.29, 0.717) is 41.2 Å². The molecule has 5 N–H and O–H groups in total. The Labute approximate surface area is 188 Å². The van der Waals surface area contributed by atoms with Crippen molar-refractivity contribution in [3.8, 4) is 0 Å². The van der Waals surface area contributed by atoms with E-state index in [1.54, 1.807) is 18.2 Å². The van der Waals surface area contributed by atoms with E-state index < -0.39 is 11.7 Å². The molecule has 33 heavy (non-hydrogen) atoms. The van der Waals surface area contributed by atoms with Gasteiger partial charge in [0.05, 0.1) is 28.1 Å². The first-order valence-electron chi connectivity index (χ1n) is 10.7. The number of nitrogens with zero attached hydrogens (tertiary/aromatic N) is 3. The van der Waals surface area contributed by atoms with Gasteiger partial charge in [-0.1, -0.05) is 12.1 Å². The number of hydrogen-bond acceptors (Lipinski definition) is 6. The van der Waals surface area contributed by atoms with Crippen molar-refractivity contribution in [2.75, 3.05) is 18.0 Å². The minimum Gasteiger partial charge on any atom is -0.465 e. The molecule has 0 aliphatic carbocycles. The van der Waals surface area contributed by atoms with Crippen LogP contribution in [0.3, 0.4) is 0 Å². The summed E-state index contributed by atoms with van der Waals surface area (Å²) in [7, 11) is 0. The summed E-state index contributed by atoms with van der Waals surface area (Å²) < 4.78 is 0. The SMILES string of the molecule is NCCCc1ccc2c(=O)[nH]c(N(CCCc3ccc4c(=O)[nH]cnc4c3)C(=O)O)nc2c1. The molecule has 0 unspecified atom stereocenters. The maximum atomic E-state index is 12.5. The Bertz CT molecular complexity index is 1430. The average Bonchev–Trinajstić information content (AvgIpc) is 2.80. The van der Waals surface area contributed by atoms with Crippen LogP contribution in [-0.2, 0) is 12.8 Å². The first-order valence-corrected chi connectivity index (χ1v) is 10.7. The number of amides is 1. The number of aromatic nitrogens is 4. The van der Waals surface area contributed by atoms with Gasteiger partial charge < -0.3 is 15.8 Å². The molecular formula is C23H24N6O4. The van der Waals surface area contributed by atoms with Crippen LogP contribution in [0.25, 0.3) is 21.8 Å². The van der Waals surface area contributed by atoms with Crippen molar-refractivity contribution in [1.82, 2.24) is 19.9 Å². The number of fused-ring (bicyclic) bond motifs is 2. The van der Waals surface area contributed by atoms with Crippen LogP contribution in [0.1, 0.15) is 24.0 Å². The third kappa shape index (κ3) is 4.90. The molecule has 2 heterocycles. The Morgan fingerprint density at radius 1 is 0.970 bits per heavy atom. The van der Waals surface area contributed by atoms with Crippen molar-refractivity contribution < 1.29 is 9.90 Å². The molecule has 0 fully saturated rings. The molecule has 170 valence electrons. The fourth-order valence-electron chi connectivity index (χ4n) is 3.77. The standard InChI is InChI=1S/C23H24N6O4/c24-9-1-3-14-6-8-17-19(12-14)27-22(28-21(17)31)29(23(32)33)10-2-4-15-5-7-16-18(11-15)25-13-26-20(16)30/h5-8,11-13H,1-4,9-10,24H2,(H,32,33)(H,25,26,30)(H,27,28,31). The Hall–Kier alpha value is -4.05. The highest BCUT2D eigenvalue weighted by molar-refractivity contribution is 5.86. The zero-order chi connectivity index (χ0) is 23.4. The van der Waals surface area contributed by atoms with Gasteiger partial charge in [-0.2, -0.15) is 0 Å². The summed E-state index contributed by atoms with van der Waals surface area (Å²) in [6.07, 6.45) is 2.76. The maximum absolute atomic E-state index is 12.5. The molecule has 0 spiro atoms. The van der Waals surface area contributed by atoms with E-state index in [1.165, 1.54) is 6.33 Å². The largest absolute Gasteiger partial charge is 0.465 e. The van der Waals surface area contributed by atoms with Gasteiger partial charge in [0.25, 0.3) is 11.1 Å². The second kappa shape index (κ2) is 9.61. The monoisotopic (exact) mass is 448 g/mol. The lowest BCUT2D eigenvalue weighted by Gasteiger charge is -2.18. The molecule has 0 saturated carbocycles. The smallest absolute Gasteiger partial charge is 0.414 e. The van der Waals surface area contributed by atoms with E-state index in [-0.39, 0.29) is 18.1 Å². The number of nitrogens with two attached hydrogens (primary N) is 1. The molecule has 4 aromatic rings. The summed E-state index contributed by atoms with van der Waals surface area (Å²) in [4.78, 5) is 51.0. The van der Waals surface area contributed by atoms with Crippen LogP contribution >= 0.6 is 0 Å². The lowest BCUT2D eigenvalue weighted by Crippen LogP contribution is -2.33. The number of nitrogens with one attached hydrogen (secondary N) is 2. The molecule has 10 heteroatoms. The molecule has 0 atom stereocenters. The van der Waals surface area contributed by atoms with Crippen LogP contribution < -0.4 is 21.8 Å². The zero-order valence-electron chi connectivity index (χ0n) is 17.9. The fraction of sp³-hybridized carbons (Fsp3) is 0.261. The van der Waals surface area contributed by atoms with Gasteiger partial charge in [0.1, 0.15) is 0 Å². The molecule has 0 bridgehead atoms. The summed E-state index contributed by atoms with van der Waals surface area (Å²) in [5.41, 5.74) is 7.91. The van der Waals surface area contributed by atoms with Crippen molar-refractivity contribution in [2.24, 2.45) is 5.73 Å². The number of carboxylic acid groups (broad SMARTS) is 1. The number of H-pyrrole nitrogens is 2. The Morgan fingerprint density at radius 3 is 2.33 bits per heavy atom. The minimum absolute atomic E-state index is 0.0114. The molecule has 1 amide bonds. The summed E-state index contributed by atoms with van der Waals surface area (Å²) >= 11 is 0.